The lowest BCUT2D eigenvalue weighted by Gasteiger charge is -2.09. The predicted octanol–water partition coefficient (Wildman–Crippen LogP) is 4.09. The predicted molar refractivity (Wildman–Crippen MR) is 90.0 cm³/mol. The fourth-order valence-electron chi connectivity index (χ4n) is 2.00. The van der Waals surface area contributed by atoms with E-state index >= 15 is 0 Å². The van der Waals surface area contributed by atoms with Crippen LogP contribution >= 0.6 is 22.6 Å². The molecule has 0 saturated carbocycles. The van der Waals surface area contributed by atoms with Crippen molar-refractivity contribution >= 4 is 28.3 Å². The third-order valence-electron chi connectivity index (χ3n) is 3.10. The van der Waals surface area contributed by atoms with Crippen LogP contribution in [0.4, 0.5) is 5.69 Å². The average Bonchev–Trinajstić information content (AvgIpc) is 3.01. The number of hydrogen-bond donors (Lipinski definition) is 1. The molecule has 0 radical (unpaired) electrons. The zero-order valence-corrected chi connectivity index (χ0v) is 13.0. The van der Waals surface area contributed by atoms with Crippen LogP contribution in [0.5, 0.6) is 0 Å². The van der Waals surface area contributed by atoms with E-state index < -0.39 is 0 Å². The van der Waals surface area contributed by atoms with Gasteiger partial charge in [-0.25, -0.2) is 4.98 Å². The molecule has 3 rings (SSSR count). The Morgan fingerprint density at radius 1 is 1.05 bits per heavy atom. The van der Waals surface area contributed by atoms with Crippen molar-refractivity contribution in [2.24, 2.45) is 0 Å². The Bertz CT molecular complexity index is 675. The number of imidazole rings is 1. The van der Waals surface area contributed by atoms with Crippen LogP contribution in [0.15, 0.2) is 67.3 Å². The van der Waals surface area contributed by atoms with Gasteiger partial charge < -0.3 is 9.88 Å². The van der Waals surface area contributed by atoms with Crippen LogP contribution in [0.3, 0.4) is 0 Å². The minimum absolute atomic E-state index is 0.824. The van der Waals surface area contributed by atoms with Gasteiger partial charge in [0.25, 0.3) is 0 Å². The molecule has 0 saturated heterocycles. The van der Waals surface area contributed by atoms with E-state index in [2.05, 4.69) is 69.3 Å². The quantitative estimate of drug-likeness (QED) is 0.697. The van der Waals surface area contributed by atoms with E-state index in [-0.39, 0.29) is 0 Å². The Morgan fingerprint density at radius 2 is 1.85 bits per heavy atom. The largest absolute Gasteiger partial charge is 0.380 e. The Labute approximate surface area is 131 Å². The highest BCUT2D eigenvalue weighted by Gasteiger charge is 1.99. The monoisotopic (exact) mass is 375 g/mol. The van der Waals surface area contributed by atoms with Crippen molar-refractivity contribution in [2.75, 3.05) is 5.32 Å². The summed E-state index contributed by atoms with van der Waals surface area (Å²) >= 11 is 2.34. The molecule has 2 aromatic carbocycles. The summed E-state index contributed by atoms with van der Waals surface area (Å²) in [5.41, 5.74) is 3.56. The van der Waals surface area contributed by atoms with E-state index in [0.717, 1.165) is 12.2 Å². The minimum atomic E-state index is 0.824. The molecule has 1 aromatic heterocycles. The first-order valence-electron chi connectivity index (χ1n) is 6.38. The van der Waals surface area contributed by atoms with Gasteiger partial charge in [-0.15, -0.1) is 0 Å². The van der Waals surface area contributed by atoms with Crippen molar-refractivity contribution in [3.63, 3.8) is 0 Å². The molecule has 0 spiro atoms. The second kappa shape index (κ2) is 6.09. The van der Waals surface area contributed by atoms with Crippen LogP contribution in [-0.2, 0) is 6.54 Å². The van der Waals surface area contributed by atoms with Gasteiger partial charge in [0.2, 0.25) is 0 Å². The van der Waals surface area contributed by atoms with E-state index in [4.69, 9.17) is 0 Å². The van der Waals surface area contributed by atoms with Crippen molar-refractivity contribution < 1.29 is 0 Å². The summed E-state index contributed by atoms with van der Waals surface area (Å²) in [6.07, 6.45) is 5.53. The summed E-state index contributed by atoms with van der Waals surface area (Å²) in [5, 5.41) is 3.46. The van der Waals surface area contributed by atoms with Crippen LogP contribution in [0.1, 0.15) is 5.56 Å². The molecule has 0 amide bonds. The Morgan fingerprint density at radius 3 is 2.55 bits per heavy atom. The van der Waals surface area contributed by atoms with Gasteiger partial charge in [0.15, 0.2) is 0 Å². The molecule has 0 fully saturated rings. The number of anilines is 1. The summed E-state index contributed by atoms with van der Waals surface area (Å²) in [6.45, 7) is 0.824. The van der Waals surface area contributed by atoms with Gasteiger partial charge >= 0.3 is 0 Å². The lowest BCUT2D eigenvalue weighted by molar-refractivity contribution is 1.05. The molecule has 0 bridgehead atoms. The number of benzene rings is 2. The van der Waals surface area contributed by atoms with Gasteiger partial charge in [0.05, 0.1) is 6.33 Å². The Kier molecular flexibility index (Phi) is 4.01. The van der Waals surface area contributed by atoms with Crippen molar-refractivity contribution in [3.8, 4) is 5.69 Å². The topological polar surface area (TPSA) is 29.9 Å². The first-order chi connectivity index (χ1) is 9.83. The van der Waals surface area contributed by atoms with Crippen LogP contribution in [0.25, 0.3) is 5.69 Å². The number of nitrogens with zero attached hydrogens (tertiary/aromatic N) is 2. The first kappa shape index (κ1) is 13.2. The Hall–Kier alpha value is -1.82. The summed E-state index contributed by atoms with van der Waals surface area (Å²) in [6, 6.07) is 16.8. The third-order valence-corrected chi connectivity index (χ3v) is 4.04. The summed E-state index contributed by atoms with van der Waals surface area (Å²) in [5.74, 6) is 0. The average molecular weight is 375 g/mol. The van der Waals surface area contributed by atoms with Gasteiger partial charge in [-0.2, -0.15) is 0 Å². The van der Waals surface area contributed by atoms with Crippen LogP contribution in [0, 0.1) is 3.57 Å². The molecular weight excluding hydrogens is 361 g/mol. The second-order valence-electron chi connectivity index (χ2n) is 4.47. The molecule has 1 N–H and O–H groups in total. The maximum Gasteiger partial charge on any atom is 0.0991 e. The molecule has 1 heterocycles. The van der Waals surface area contributed by atoms with Crippen LogP contribution in [-0.4, -0.2) is 9.55 Å². The van der Waals surface area contributed by atoms with Gasteiger partial charge in [-0.3, -0.25) is 0 Å². The van der Waals surface area contributed by atoms with Crippen molar-refractivity contribution in [2.45, 2.75) is 6.54 Å². The molecule has 0 aliphatic heterocycles. The molecule has 0 unspecified atom stereocenters. The van der Waals surface area contributed by atoms with E-state index in [1.165, 1.54) is 14.8 Å². The van der Waals surface area contributed by atoms with Crippen molar-refractivity contribution in [3.05, 3.63) is 76.4 Å². The number of hydrogen-bond acceptors (Lipinski definition) is 2. The number of aromatic nitrogens is 2. The molecule has 3 nitrogen and oxygen atoms in total. The molecular formula is C16H14IN3. The summed E-state index contributed by atoms with van der Waals surface area (Å²) < 4.78 is 3.23. The smallest absolute Gasteiger partial charge is 0.0991 e. The molecule has 3 aromatic rings. The number of rotatable bonds is 4. The zero-order chi connectivity index (χ0) is 13.8. The Balaban J connectivity index is 1.68. The van der Waals surface area contributed by atoms with Crippen molar-refractivity contribution in [1.29, 1.82) is 0 Å². The van der Waals surface area contributed by atoms with Gasteiger partial charge in [-0.05, 0) is 52.4 Å². The molecule has 4 heteroatoms. The highest BCUT2D eigenvalue weighted by atomic mass is 127. The normalized spacial score (nSPS) is 10.4. The standard InChI is InChI=1S/C16H14IN3/c17-15-3-1-2-4-16(15)19-11-13-5-7-14(8-6-13)20-10-9-18-12-20/h1-10,12,19H,11H2. The van der Waals surface area contributed by atoms with E-state index in [0.29, 0.717) is 0 Å². The second-order valence-corrected chi connectivity index (χ2v) is 5.63. The molecule has 20 heavy (non-hydrogen) atoms. The maximum absolute atomic E-state index is 4.06. The van der Waals surface area contributed by atoms with Crippen molar-refractivity contribution in [1.82, 2.24) is 9.55 Å². The summed E-state index contributed by atoms with van der Waals surface area (Å²) in [4.78, 5) is 4.06. The fraction of sp³-hybridized carbons (Fsp3) is 0.0625. The van der Waals surface area contributed by atoms with Gasteiger partial charge in [0.1, 0.15) is 0 Å². The molecule has 100 valence electrons. The fourth-order valence-corrected chi connectivity index (χ4v) is 2.58. The van der Waals surface area contributed by atoms with Crippen LogP contribution < -0.4 is 5.32 Å². The zero-order valence-electron chi connectivity index (χ0n) is 10.8. The third kappa shape index (κ3) is 3.01. The van der Waals surface area contributed by atoms with E-state index in [1.54, 1.807) is 12.5 Å². The lowest BCUT2D eigenvalue weighted by atomic mass is 10.2. The maximum atomic E-state index is 4.06. The first-order valence-corrected chi connectivity index (χ1v) is 7.46. The number of para-hydroxylation sites is 1. The molecule has 0 aliphatic carbocycles. The highest BCUT2D eigenvalue weighted by Crippen LogP contribution is 2.18. The van der Waals surface area contributed by atoms with Crippen LogP contribution in [0.2, 0.25) is 0 Å². The molecule has 0 aliphatic rings. The lowest BCUT2D eigenvalue weighted by Crippen LogP contribution is -2.01. The number of nitrogens with one attached hydrogen (secondary N) is 1. The van der Waals surface area contributed by atoms with Gasteiger partial charge in [-0.1, -0.05) is 24.3 Å². The van der Waals surface area contributed by atoms with E-state index in [1.807, 2.05) is 22.9 Å². The molecule has 0 atom stereocenters. The van der Waals surface area contributed by atoms with Gasteiger partial charge in [0, 0.05) is 33.9 Å². The van der Waals surface area contributed by atoms with E-state index in [9.17, 15) is 0 Å². The number of halogens is 1. The minimum Gasteiger partial charge on any atom is -0.380 e. The highest BCUT2D eigenvalue weighted by molar-refractivity contribution is 14.1. The summed E-state index contributed by atoms with van der Waals surface area (Å²) in [7, 11) is 0. The SMILES string of the molecule is Ic1ccccc1NCc1ccc(-n2ccnc2)cc1.